The van der Waals surface area contributed by atoms with Crippen LogP contribution >= 0.6 is 0 Å². The quantitative estimate of drug-likeness (QED) is 0.521. The van der Waals surface area contributed by atoms with Crippen molar-refractivity contribution in [2.45, 2.75) is 39.7 Å². The van der Waals surface area contributed by atoms with E-state index in [1.807, 2.05) is 0 Å². The molecule has 0 radical (unpaired) electrons. The van der Waals surface area contributed by atoms with Crippen LogP contribution in [0.1, 0.15) is 33.6 Å². The van der Waals surface area contributed by atoms with E-state index in [9.17, 15) is 0 Å². The lowest BCUT2D eigenvalue weighted by molar-refractivity contribution is 0.108. The minimum atomic E-state index is 0.590. The Morgan fingerprint density at radius 2 is 1.68 bits per heavy atom. The average Bonchev–Trinajstić information content (AvgIpc) is 2.38. The minimum absolute atomic E-state index is 0.590. The van der Waals surface area contributed by atoms with Crippen LogP contribution < -0.4 is 5.32 Å². The van der Waals surface area contributed by atoms with Crippen LogP contribution in [-0.2, 0) is 9.47 Å². The van der Waals surface area contributed by atoms with Gasteiger partial charge in [-0.15, -0.1) is 0 Å². The van der Waals surface area contributed by atoms with E-state index in [4.69, 9.17) is 9.47 Å². The normalized spacial score (nSPS) is 13.4. The summed E-state index contributed by atoms with van der Waals surface area (Å²) in [6.45, 7) is 12.7. The highest BCUT2D eigenvalue weighted by Gasteiger charge is 2.12. The van der Waals surface area contributed by atoms with Crippen LogP contribution in [-0.4, -0.2) is 64.6 Å². The SMILES string of the molecule is COCCCN(CCOC)C(C)CCNCC(C)C. The molecule has 19 heavy (non-hydrogen) atoms. The fourth-order valence-corrected chi connectivity index (χ4v) is 2.06. The number of ether oxygens (including phenoxy) is 2. The summed E-state index contributed by atoms with van der Waals surface area (Å²) in [6, 6.07) is 0.590. The first kappa shape index (κ1) is 18.8. The summed E-state index contributed by atoms with van der Waals surface area (Å²) < 4.78 is 10.3. The van der Waals surface area contributed by atoms with E-state index < -0.39 is 0 Å². The second-order valence-electron chi connectivity index (χ2n) is 5.61. The van der Waals surface area contributed by atoms with E-state index in [-0.39, 0.29) is 0 Å². The number of methoxy groups -OCH3 is 2. The van der Waals surface area contributed by atoms with Gasteiger partial charge >= 0.3 is 0 Å². The summed E-state index contributed by atoms with van der Waals surface area (Å²) in [5.74, 6) is 0.724. The Kier molecular flexibility index (Phi) is 12.7. The molecule has 0 heterocycles. The van der Waals surface area contributed by atoms with Gasteiger partial charge in [-0.25, -0.2) is 0 Å². The molecule has 0 aliphatic heterocycles. The molecule has 1 atom stereocenters. The van der Waals surface area contributed by atoms with Crippen molar-refractivity contribution in [1.29, 1.82) is 0 Å². The van der Waals surface area contributed by atoms with Gasteiger partial charge in [0, 0.05) is 40.0 Å². The van der Waals surface area contributed by atoms with Gasteiger partial charge in [0.15, 0.2) is 0 Å². The third-order valence-electron chi connectivity index (χ3n) is 3.29. The van der Waals surface area contributed by atoms with Crippen LogP contribution in [0.4, 0.5) is 0 Å². The van der Waals surface area contributed by atoms with Crippen LogP contribution in [0.15, 0.2) is 0 Å². The Hall–Kier alpha value is -0.160. The van der Waals surface area contributed by atoms with Gasteiger partial charge in [-0.05, 0) is 38.8 Å². The van der Waals surface area contributed by atoms with Gasteiger partial charge in [-0.2, -0.15) is 0 Å². The van der Waals surface area contributed by atoms with E-state index >= 15 is 0 Å². The van der Waals surface area contributed by atoms with Crippen LogP contribution in [0.2, 0.25) is 0 Å². The van der Waals surface area contributed by atoms with Crippen molar-refractivity contribution >= 4 is 0 Å². The van der Waals surface area contributed by atoms with Crippen molar-refractivity contribution in [3.63, 3.8) is 0 Å². The van der Waals surface area contributed by atoms with Gasteiger partial charge in [-0.1, -0.05) is 13.8 Å². The second kappa shape index (κ2) is 12.9. The smallest absolute Gasteiger partial charge is 0.0589 e. The molecule has 0 aliphatic carbocycles. The zero-order chi connectivity index (χ0) is 14.5. The highest BCUT2D eigenvalue weighted by molar-refractivity contribution is 4.69. The summed E-state index contributed by atoms with van der Waals surface area (Å²) >= 11 is 0. The molecule has 1 N–H and O–H groups in total. The molecule has 0 saturated heterocycles. The van der Waals surface area contributed by atoms with E-state index in [0.29, 0.717) is 6.04 Å². The van der Waals surface area contributed by atoms with Gasteiger partial charge in [0.1, 0.15) is 0 Å². The number of nitrogens with one attached hydrogen (secondary N) is 1. The Morgan fingerprint density at radius 3 is 2.26 bits per heavy atom. The molecular weight excluding hydrogens is 240 g/mol. The molecule has 0 fully saturated rings. The van der Waals surface area contributed by atoms with Crippen molar-refractivity contribution in [1.82, 2.24) is 10.2 Å². The molecule has 0 rings (SSSR count). The maximum Gasteiger partial charge on any atom is 0.0589 e. The second-order valence-corrected chi connectivity index (χ2v) is 5.61. The monoisotopic (exact) mass is 274 g/mol. The first-order chi connectivity index (χ1) is 9.11. The van der Waals surface area contributed by atoms with Crippen LogP contribution in [0, 0.1) is 5.92 Å². The molecule has 4 heteroatoms. The predicted molar refractivity (Wildman–Crippen MR) is 81.7 cm³/mol. The molecule has 0 bridgehead atoms. The molecule has 0 amide bonds. The summed E-state index contributed by atoms with van der Waals surface area (Å²) in [7, 11) is 3.53. The standard InChI is InChI=1S/C15H34N2O2/c1-14(2)13-16-8-7-15(3)17(10-12-19-5)9-6-11-18-4/h14-16H,6-13H2,1-5H3. The van der Waals surface area contributed by atoms with E-state index in [0.717, 1.165) is 51.7 Å². The lowest BCUT2D eigenvalue weighted by Gasteiger charge is -2.29. The van der Waals surface area contributed by atoms with E-state index in [1.165, 1.54) is 6.42 Å². The molecule has 4 nitrogen and oxygen atoms in total. The third-order valence-corrected chi connectivity index (χ3v) is 3.29. The Labute approximate surface area is 119 Å². The maximum absolute atomic E-state index is 5.20. The number of rotatable bonds is 13. The lowest BCUT2D eigenvalue weighted by Crippen LogP contribution is -2.39. The topological polar surface area (TPSA) is 33.7 Å². The maximum atomic E-state index is 5.20. The Morgan fingerprint density at radius 1 is 1.00 bits per heavy atom. The molecule has 0 aromatic carbocycles. The summed E-state index contributed by atoms with van der Waals surface area (Å²) in [5.41, 5.74) is 0. The lowest BCUT2D eigenvalue weighted by atomic mass is 10.1. The molecule has 0 aromatic rings. The van der Waals surface area contributed by atoms with Gasteiger partial charge in [0.05, 0.1) is 6.61 Å². The fourth-order valence-electron chi connectivity index (χ4n) is 2.06. The Bertz CT molecular complexity index is 189. The number of hydrogen-bond donors (Lipinski definition) is 1. The summed E-state index contributed by atoms with van der Waals surface area (Å²) in [5, 5.41) is 3.51. The van der Waals surface area contributed by atoms with Gasteiger partial charge < -0.3 is 14.8 Å². The number of nitrogens with zero attached hydrogens (tertiary/aromatic N) is 1. The summed E-state index contributed by atoms with van der Waals surface area (Å²) in [4.78, 5) is 2.50. The molecule has 1 unspecified atom stereocenters. The zero-order valence-corrected chi connectivity index (χ0v) is 13.6. The fraction of sp³-hybridized carbons (Fsp3) is 1.00. The van der Waals surface area contributed by atoms with Gasteiger partial charge in [0.25, 0.3) is 0 Å². The van der Waals surface area contributed by atoms with Crippen molar-refractivity contribution < 1.29 is 9.47 Å². The van der Waals surface area contributed by atoms with Crippen molar-refractivity contribution in [2.24, 2.45) is 5.92 Å². The van der Waals surface area contributed by atoms with E-state index in [2.05, 4.69) is 31.0 Å². The third kappa shape index (κ3) is 11.4. The van der Waals surface area contributed by atoms with Crippen LogP contribution in [0.25, 0.3) is 0 Å². The highest BCUT2D eigenvalue weighted by atomic mass is 16.5. The van der Waals surface area contributed by atoms with Gasteiger partial charge in [-0.3, -0.25) is 4.90 Å². The average molecular weight is 274 g/mol. The highest BCUT2D eigenvalue weighted by Crippen LogP contribution is 2.05. The first-order valence-electron chi connectivity index (χ1n) is 7.54. The molecular formula is C15H34N2O2. The molecule has 0 aliphatic rings. The van der Waals surface area contributed by atoms with E-state index in [1.54, 1.807) is 14.2 Å². The molecule has 116 valence electrons. The zero-order valence-electron chi connectivity index (χ0n) is 13.6. The first-order valence-corrected chi connectivity index (χ1v) is 7.54. The van der Waals surface area contributed by atoms with Crippen molar-refractivity contribution in [3.8, 4) is 0 Å². The predicted octanol–water partition coefficient (Wildman–Crippen LogP) is 2.00. The van der Waals surface area contributed by atoms with Crippen LogP contribution in [0.3, 0.4) is 0 Å². The summed E-state index contributed by atoms with van der Waals surface area (Å²) in [6.07, 6.45) is 2.27. The van der Waals surface area contributed by atoms with Crippen molar-refractivity contribution in [3.05, 3.63) is 0 Å². The number of hydrogen-bond acceptors (Lipinski definition) is 4. The molecule has 0 spiro atoms. The minimum Gasteiger partial charge on any atom is -0.385 e. The largest absolute Gasteiger partial charge is 0.385 e. The molecule has 0 aromatic heterocycles. The van der Waals surface area contributed by atoms with Gasteiger partial charge in [0.2, 0.25) is 0 Å². The van der Waals surface area contributed by atoms with Crippen molar-refractivity contribution in [2.75, 3.05) is 53.6 Å². The van der Waals surface area contributed by atoms with Crippen LogP contribution in [0.5, 0.6) is 0 Å². The molecule has 0 saturated carbocycles. The Balaban J connectivity index is 3.88.